The molecule has 1 saturated heterocycles. The second kappa shape index (κ2) is 13.8. The largest absolute Gasteiger partial charge is 1.00 e. The first-order valence-corrected chi connectivity index (χ1v) is 24.4. The van der Waals surface area contributed by atoms with E-state index in [4.69, 9.17) is 0 Å². The van der Waals surface area contributed by atoms with Crippen LogP contribution in [0.5, 0.6) is 0 Å². The molecule has 0 N–H and O–H groups in total. The van der Waals surface area contributed by atoms with Crippen molar-refractivity contribution in [3.8, 4) is 22.3 Å². The van der Waals surface area contributed by atoms with Crippen LogP contribution in [0.1, 0.15) is 102 Å². The Morgan fingerprint density at radius 1 is 0.510 bits per heavy atom. The van der Waals surface area contributed by atoms with Crippen LogP contribution in [-0.2, 0) is 20.3 Å². The van der Waals surface area contributed by atoms with Crippen LogP contribution in [0.3, 0.4) is 0 Å². The minimum atomic E-state index is -2.96. The number of hydrogen-bond acceptors (Lipinski definition) is 0. The van der Waals surface area contributed by atoms with Gasteiger partial charge in [-0.1, -0.05) is 0 Å². The monoisotopic (exact) mass is 766 g/mol. The molecule has 1 fully saturated rings. The fourth-order valence-corrected chi connectivity index (χ4v) is 28.3. The number of fused-ring (bicyclic) bond motifs is 2. The van der Waals surface area contributed by atoms with E-state index in [0.717, 1.165) is 0 Å². The molecule has 0 bridgehead atoms. The van der Waals surface area contributed by atoms with Crippen molar-refractivity contribution in [2.75, 3.05) is 0 Å². The van der Waals surface area contributed by atoms with Crippen molar-refractivity contribution >= 4 is 12.2 Å². The Bertz CT molecular complexity index is 1890. The molecule has 1 heterocycles. The Balaban J connectivity index is 0.00000234. The molecule has 0 spiro atoms. The molecule has 0 saturated carbocycles. The Morgan fingerprint density at radius 2 is 0.878 bits per heavy atom. The van der Waals surface area contributed by atoms with Gasteiger partial charge in [0.2, 0.25) is 0 Å². The molecule has 4 aromatic carbocycles. The molecule has 2 unspecified atom stereocenters. The summed E-state index contributed by atoms with van der Waals surface area (Å²) in [6.45, 7) is 28.9. The quantitative estimate of drug-likeness (QED) is 0.192. The van der Waals surface area contributed by atoms with Crippen molar-refractivity contribution in [2.24, 2.45) is 11.8 Å². The zero-order valence-corrected chi connectivity index (χ0v) is 35.7. The number of halogens is 2. The predicted octanol–water partition coefficient (Wildman–Crippen LogP) is 7.39. The van der Waals surface area contributed by atoms with Crippen molar-refractivity contribution in [1.82, 2.24) is 0 Å². The van der Waals surface area contributed by atoms with Crippen LogP contribution in [0.4, 0.5) is 0 Å². The SMILES string of the molecule is Cc1cccc(-c2c(C)c(C)c(C)c3c2C=C(C(C)C)[CH]3[Zr+2]2([CH]3C(C(C)C)=Cc4c(-c5cccc(C)c5)c(C)c(C)c(C)c43)[CH2][CH2]2)c1.[Cl-].[Cl-]. The second-order valence-electron chi connectivity index (χ2n) is 16.1. The Labute approximate surface area is 314 Å². The number of allylic oxidation sites excluding steroid dienone is 2. The van der Waals surface area contributed by atoms with Crippen LogP contribution < -0.4 is 24.8 Å². The van der Waals surface area contributed by atoms with E-state index in [0.29, 0.717) is 19.1 Å². The molecule has 3 aliphatic rings. The normalized spacial score (nSPS) is 17.8. The maximum absolute atomic E-state index is 2.96. The fraction of sp³-hybridized carbons (Fsp3) is 0.391. The van der Waals surface area contributed by atoms with Gasteiger partial charge in [-0.2, -0.15) is 0 Å². The number of aryl methyl sites for hydroxylation is 2. The van der Waals surface area contributed by atoms with Crippen molar-refractivity contribution in [2.45, 2.75) is 98.6 Å². The van der Waals surface area contributed by atoms with Crippen molar-refractivity contribution < 1.29 is 45.1 Å². The first-order chi connectivity index (χ1) is 22.3. The van der Waals surface area contributed by atoms with Crippen molar-refractivity contribution in [3.63, 3.8) is 0 Å². The predicted molar refractivity (Wildman–Crippen MR) is 202 cm³/mol. The molecule has 0 aromatic heterocycles. The van der Waals surface area contributed by atoms with E-state index in [1.165, 1.54) is 63.9 Å². The molecule has 7 rings (SSSR count). The van der Waals surface area contributed by atoms with Gasteiger partial charge in [-0.25, -0.2) is 0 Å². The molecule has 0 nitrogen and oxygen atoms in total. The average Bonchev–Trinajstić information content (AvgIpc) is 3.54. The van der Waals surface area contributed by atoms with Gasteiger partial charge in [0.25, 0.3) is 0 Å². The van der Waals surface area contributed by atoms with Gasteiger partial charge in [0.15, 0.2) is 0 Å². The smallest absolute Gasteiger partial charge is 1.00 e. The number of rotatable bonds is 6. The van der Waals surface area contributed by atoms with Crippen LogP contribution >= 0.6 is 0 Å². The van der Waals surface area contributed by atoms with Crippen LogP contribution in [0.25, 0.3) is 34.4 Å². The first-order valence-electron chi connectivity index (χ1n) is 18.1. The third kappa shape index (κ3) is 5.83. The minimum absolute atomic E-state index is 0. The zero-order chi connectivity index (χ0) is 33.7. The summed E-state index contributed by atoms with van der Waals surface area (Å²) in [5.41, 5.74) is 27.5. The molecule has 256 valence electrons. The maximum atomic E-state index is 2.71. The molecule has 2 aliphatic carbocycles. The van der Waals surface area contributed by atoms with E-state index < -0.39 is 20.3 Å². The minimum Gasteiger partial charge on any atom is -1.00 e. The maximum Gasteiger partial charge on any atom is -1.00 e. The van der Waals surface area contributed by atoms with Crippen LogP contribution in [0.2, 0.25) is 8.26 Å². The molecule has 1 aliphatic heterocycles. The van der Waals surface area contributed by atoms with Gasteiger partial charge in [-0.15, -0.1) is 0 Å². The summed E-state index contributed by atoms with van der Waals surface area (Å²) in [7, 11) is 0. The molecular weight excluding hydrogens is 715 g/mol. The summed E-state index contributed by atoms with van der Waals surface area (Å²) in [6, 6.07) is 18.5. The Hall–Kier alpha value is -2.18. The van der Waals surface area contributed by atoms with Gasteiger partial charge < -0.3 is 24.8 Å². The molecule has 3 heteroatoms. The summed E-state index contributed by atoms with van der Waals surface area (Å²) >= 11 is -2.96. The Morgan fingerprint density at radius 3 is 1.18 bits per heavy atom. The van der Waals surface area contributed by atoms with E-state index in [9.17, 15) is 0 Å². The Kier molecular flexibility index (Phi) is 10.7. The van der Waals surface area contributed by atoms with Crippen molar-refractivity contribution in [1.29, 1.82) is 0 Å². The number of benzene rings is 4. The van der Waals surface area contributed by atoms with E-state index >= 15 is 0 Å². The molecule has 49 heavy (non-hydrogen) atoms. The average molecular weight is 769 g/mol. The van der Waals surface area contributed by atoms with Crippen LogP contribution in [0.15, 0.2) is 59.7 Å². The molecule has 4 aromatic rings. The molecular formula is C46H54Cl2Zr. The van der Waals surface area contributed by atoms with E-state index in [-0.39, 0.29) is 24.8 Å². The van der Waals surface area contributed by atoms with Gasteiger partial charge in [-0.3, -0.25) is 0 Å². The van der Waals surface area contributed by atoms with Crippen molar-refractivity contribution in [3.05, 3.63) is 126 Å². The van der Waals surface area contributed by atoms with Gasteiger partial charge in [0, 0.05) is 0 Å². The second-order valence-corrected chi connectivity index (χ2v) is 27.4. The fourth-order valence-electron chi connectivity index (χ4n) is 9.77. The zero-order valence-electron chi connectivity index (χ0n) is 31.8. The molecule has 0 radical (unpaired) electrons. The van der Waals surface area contributed by atoms with E-state index in [1.807, 2.05) is 0 Å². The van der Waals surface area contributed by atoms with E-state index in [2.05, 4.69) is 144 Å². The number of hydrogen-bond donors (Lipinski definition) is 0. The standard InChI is InChI=1S/2C22H25.C2H4.2ClH.Zr/c2*1-13(2)19-11-20-16(5)15(4)17(6)22(21(20)12-19)18-9-7-8-14(3)10-18;1-2;;;/h2*7-13H,1-6H3;1-2H2;2*1H;/q;;;;;+2/p-2. The summed E-state index contributed by atoms with van der Waals surface area (Å²) in [5.74, 6) is 1.09. The van der Waals surface area contributed by atoms with Crippen LogP contribution in [0, 0.1) is 67.2 Å². The molecule has 2 atom stereocenters. The third-order valence-corrected chi connectivity index (χ3v) is 25.5. The summed E-state index contributed by atoms with van der Waals surface area (Å²) < 4.78 is 4.28. The third-order valence-electron chi connectivity index (χ3n) is 12.7. The van der Waals surface area contributed by atoms with E-state index in [1.54, 1.807) is 44.5 Å². The summed E-state index contributed by atoms with van der Waals surface area (Å²) in [4.78, 5) is 0. The van der Waals surface area contributed by atoms with Gasteiger partial charge >= 0.3 is 292 Å². The summed E-state index contributed by atoms with van der Waals surface area (Å²) in [5, 5.41) is 0. The summed E-state index contributed by atoms with van der Waals surface area (Å²) in [6.07, 6.45) is 5.41. The van der Waals surface area contributed by atoms with Gasteiger partial charge in [-0.05, 0) is 0 Å². The van der Waals surface area contributed by atoms with Crippen LogP contribution in [-0.4, -0.2) is 0 Å². The van der Waals surface area contributed by atoms with Gasteiger partial charge in [0.1, 0.15) is 0 Å². The first kappa shape index (κ1) is 38.1. The molecule has 0 amide bonds. The topological polar surface area (TPSA) is 0 Å². The van der Waals surface area contributed by atoms with Gasteiger partial charge in [0.05, 0.1) is 0 Å².